The number of carbonyl (C=O) groups excluding carboxylic acids is 1. The highest BCUT2D eigenvalue weighted by molar-refractivity contribution is 6.15. The van der Waals surface area contributed by atoms with Crippen molar-refractivity contribution < 1.29 is 9.53 Å². The number of hydrogen-bond donors (Lipinski definition) is 1. The van der Waals surface area contributed by atoms with Gasteiger partial charge in [-0.25, -0.2) is 0 Å². The number of nitrogens with two attached hydrogens (primary N) is 1. The zero-order chi connectivity index (χ0) is 9.00. The van der Waals surface area contributed by atoms with E-state index >= 15 is 0 Å². The van der Waals surface area contributed by atoms with Crippen LogP contribution in [-0.4, -0.2) is 12.0 Å². The molecule has 1 aliphatic carbocycles. The van der Waals surface area contributed by atoms with Gasteiger partial charge >= 0.3 is 0 Å². The Labute approximate surface area is 74.8 Å². The van der Waals surface area contributed by atoms with E-state index in [4.69, 9.17) is 10.5 Å². The quantitative estimate of drug-likeness (QED) is 0.679. The first-order valence-electron chi connectivity index (χ1n) is 4.09. The molecule has 0 saturated heterocycles. The average Bonchev–Trinajstić information content (AvgIpc) is 2.71. The van der Waals surface area contributed by atoms with E-state index in [-0.39, 0.29) is 12.0 Å². The minimum atomic E-state index is -0.366. The number of primary amides is 1. The molecule has 13 heavy (non-hydrogen) atoms. The van der Waals surface area contributed by atoms with Gasteiger partial charge in [-0.05, 0) is 6.07 Å². The summed E-state index contributed by atoms with van der Waals surface area (Å²) in [6.45, 7) is 0. The van der Waals surface area contributed by atoms with Crippen molar-refractivity contribution in [1.29, 1.82) is 0 Å². The molecular formula is C10H7NO2. The molecule has 3 heteroatoms. The van der Waals surface area contributed by atoms with Gasteiger partial charge < -0.3 is 10.5 Å². The Morgan fingerprint density at radius 3 is 2.92 bits per heavy atom. The molecule has 0 radical (unpaired) electrons. The number of carbonyl (C=O) groups is 1. The van der Waals surface area contributed by atoms with E-state index < -0.39 is 0 Å². The van der Waals surface area contributed by atoms with Crippen molar-refractivity contribution in [3.8, 4) is 5.75 Å². The highest BCUT2D eigenvalue weighted by Crippen LogP contribution is 2.52. The van der Waals surface area contributed by atoms with E-state index in [1.807, 2.05) is 24.3 Å². The molecule has 1 heterocycles. The highest BCUT2D eigenvalue weighted by Gasteiger charge is 2.49. The summed E-state index contributed by atoms with van der Waals surface area (Å²) in [5.41, 5.74) is 7.80. The summed E-state index contributed by atoms with van der Waals surface area (Å²) < 4.78 is 5.48. The van der Waals surface area contributed by atoms with Crippen LogP contribution in [0.2, 0.25) is 0 Å². The fraction of sp³-hybridized carbons (Fsp3) is 0.100. The van der Waals surface area contributed by atoms with Gasteiger partial charge in [-0.1, -0.05) is 18.2 Å². The molecular weight excluding hydrogens is 166 g/mol. The van der Waals surface area contributed by atoms with Gasteiger partial charge in [-0.2, -0.15) is 0 Å². The topological polar surface area (TPSA) is 52.3 Å². The SMILES string of the molecule is NC(=O)C1=C2c3ccccc3OC12. The standard InChI is InChI=1S/C10H7NO2/c11-10(12)8-7-5-3-1-2-4-6(5)13-9(7)8/h1-4,9H,(H2,11,12). The van der Waals surface area contributed by atoms with E-state index in [0.717, 1.165) is 16.9 Å². The second-order valence-electron chi connectivity index (χ2n) is 3.19. The highest BCUT2D eigenvalue weighted by atomic mass is 16.5. The van der Waals surface area contributed by atoms with E-state index in [9.17, 15) is 4.79 Å². The minimum absolute atomic E-state index is 0.144. The Hall–Kier alpha value is -1.77. The number of ether oxygens (including phenoxy) is 1. The number of fused-ring (bicyclic) bond motifs is 3. The maximum Gasteiger partial charge on any atom is 0.249 e. The normalized spacial score (nSPS) is 22.0. The summed E-state index contributed by atoms with van der Waals surface area (Å²) in [5.74, 6) is 0.488. The molecule has 1 atom stereocenters. The molecule has 1 aromatic carbocycles. The smallest absolute Gasteiger partial charge is 0.249 e. The van der Waals surface area contributed by atoms with Crippen LogP contribution in [0.25, 0.3) is 5.57 Å². The van der Waals surface area contributed by atoms with Crippen molar-refractivity contribution in [1.82, 2.24) is 0 Å². The van der Waals surface area contributed by atoms with Crippen LogP contribution in [0.5, 0.6) is 5.75 Å². The molecule has 0 aromatic heterocycles. The molecule has 1 amide bonds. The van der Waals surface area contributed by atoms with Crippen LogP contribution in [0.15, 0.2) is 29.8 Å². The summed E-state index contributed by atoms with van der Waals surface area (Å²) in [7, 11) is 0. The third-order valence-corrected chi connectivity index (χ3v) is 2.42. The Morgan fingerprint density at radius 1 is 1.38 bits per heavy atom. The molecule has 0 spiro atoms. The van der Waals surface area contributed by atoms with Crippen molar-refractivity contribution in [3.05, 3.63) is 35.4 Å². The van der Waals surface area contributed by atoms with Crippen LogP contribution in [0.1, 0.15) is 5.56 Å². The van der Waals surface area contributed by atoms with Crippen LogP contribution in [0, 0.1) is 0 Å². The molecule has 1 aliphatic heterocycles. The molecule has 3 rings (SSSR count). The van der Waals surface area contributed by atoms with E-state index in [1.165, 1.54) is 0 Å². The molecule has 3 nitrogen and oxygen atoms in total. The molecule has 0 bridgehead atoms. The summed E-state index contributed by atoms with van der Waals surface area (Å²) in [6.07, 6.45) is -0.144. The molecule has 0 fully saturated rings. The Bertz CT molecular complexity index is 448. The van der Waals surface area contributed by atoms with Crippen LogP contribution in [0.3, 0.4) is 0 Å². The Balaban J connectivity index is 2.15. The fourth-order valence-electron chi connectivity index (χ4n) is 1.79. The lowest BCUT2D eigenvalue weighted by molar-refractivity contribution is -0.114. The maximum atomic E-state index is 10.9. The molecule has 2 N–H and O–H groups in total. The second-order valence-corrected chi connectivity index (χ2v) is 3.19. The molecule has 1 aromatic rings. The molecule has 2 aliphatic rings. The minimum Gasteiger partial charge on any atom is -0.480 e. The van der Waals surface area contributed by atoms with E-state index in [0.29, 0.717) is 5.57 Å². The fourth-order valence-corrected chi connectivity index (χ4v) is 1.79. The van der Waals surface area contributed by atoms with Crippen molar-refractivity contribution in [2.75, 3.05) is 0 Å². The molecule has 1 unspecified atom stereocenters. The lowest BCUT2D eigenvalue weighted by atomic mass is 10.2. The van der Waals surface area contributed by atoms with Gasteiger partial charge in [0.1, 0.15) is 5.75 Å². The van der Waals surface area contributed by atoms with Crippen LogP contribution in [-0.2, 0) is 4.79 Å². The van der Waals surface area contributed by atoms with Gasteiger partial charge in [0, 0.05) is 11.1 Å². The third-order valence-electron chi connectivity index (χ3n) is 2.42. The summed E-state index contributed by atoms with van der Waals surface area (Å²) in [6, 6.07) is 7.68. The number of hydrogen-bond acceptors (Lipinski definition) is 2. The van der Waals surface area contributed by atoms with Gasteiger partial charge in [-0.3, -0.25) is 4.79 Å². The lowest BCUT2D eigenvalue weighted by Gasteiger charge is -2.01. The van der Waals surface area contributed by atoms with Gasteiger partial charge in [0.15, 0.2) is 6.10 Å². The van der Waals surface area contributed by atoms with Crippen LogP contribution >= 0.6 is 0 Å². The monoisotopic (exact) mass is 173 g/mol. The van der Waals surface area contributed by atoms with E-state index in [2.05, 4.69) is 0 Å². The van der Waals surface area contributed by atoms with E-state index in [1.54, 1.807) is 0 Å². The second kappa shape index (κ2) is 1.93. The first kappa shape index (κ1) is 6.71. The Morgan fingerprint density at radius 2 is 2.15 bits per heavy atom. The van der Waals surface area contributed by atoms with Gasteiger partial charge in [0.25, 0.3) is 0 Å². The average molecular weight is 173 g/mol. The third kappa shape index (κ3) is 0.710. The van der Waals surface area contributed by atoms with Crippen LogP contribution in [0.4, 0.5) is 0 Å². The zero-order valence-corrected chi connectivity index (χ0v) is 6.78. The summed E-state index contributed by atoms with van der Waals surface area (Å²) in [5, 5.41) is 0. The number of benzene rings is 1. The van der Waals surface area contributed by atoms with Gasteiger partial charge in [0.2, 0.25) is 5.91 Å². The predicted octanol–water partition coefficient (Wildman–Crippen LogP) is 0.700. The zero-order valence-electron chi connectivity index (χ0n) is 6.78. The molecule has 0 saturated carbocycles. The predicted molar refractivity (Wildman–Crippen MR) is 47.0 cm³/mol. The number of amides is 1. The number of para-hydroxylation sites is 1. The van der Waals surface area contributed by atoms with Crippen molar-refractivity contribution in [2.45, 2.75) is 6.10 Å². The lowest BCUT2D eigenvalue weighted by Crippen LogP contribution is -2.14. The first-order chi connectivity index (χ1) is 6.29. The molecule has 64 valence electrons. The van der Waals surface area contributed by atoms with Crippen LogP contribution < -0.4 is 10.5 Å². The number of rotatable bonds is 1. The summed E-state index contributed by atoms with van der Waals surface area (Å²) in [4.78, 5) is 10.9. The first-order valence-corrected chi connectivity index (χ1v) is 4.09. The van der Waals surface area contributed by atoms with Crippen molar-refractivity contribution >= 4 is 11.5 Å². The Kier molecular flexibility index (Phi) is 0.999. The maximum absolute atomic E-state index is 10.9. The van der Waals surface area contributed by atoms with Crippen molar-refractivity contribution in [3.63, 3.8) is 0 Å². The van der Waals surface area contributed by atoms with Gasteiger partial charge in [0.05, 0.1) is 5.57 Å². The van der Waals surface area contributed by atoms with Gasteiger partial charge in [-0.15, -0.1) is 0 Å². The summed E-state index contributed by atoms with van der Waals surface area (Å²) >= 11 is 0. The van der Waals surface area contributed by atoms with Crippen molar-refractivity contribution in [2.24, 2.45) is 5.73 Å². The largest absolute Gasteiger partial charge is 0.480 e.